The average Bonchev–Trinajstić information content (AvgIpc) is 3.19. The molecule has 2 N–H and O–H groups in total. The number of amides is 3. The summed E-state index contributed by atoms with van der Waals surface area (Å²) < 4.78 is 31.6. The molecular weight excluding hydrogens is 356 g/mol. The molecule has 27 heavy (non-hydrogen) atoms. The number of benzene rings is 1. The minimum atomic E-state index is -0.800. The Morgan fingerprint density at radius 3 is 2.63 bits per heavy atom. The van der Waals surface area contributed by atoms with Crippen LogP contribution in [0.25, 0.3) is 0 Å². The van der Waals surface area contributed by atoms with E-state index in [1.165, 1.54) is 12.3 Å². The van der Waals surface area contributed by atoms with Crippen LogP contribution in [0.3, 0.4) is 0 Å². The molecule has 144 valence electrons. The molecule has 3 amide bonds. The normalized spacial score (nSPS) is 14.8. The van der Waals surface area contributed by atoms with Gasteiger partial charge in [0.1, 0.15) is 11.6 Å². The summed E-state index contributed by atoms with van der Waals surface area (Å²) in [6, 6.07) is 5.91. The van der Waals surface area contributed by atoms with Gasteiger partial charge < -0.3 is 20.0 Å². The lowest BCUT2D eigenvalue weighted by Crippen LogP contribution is -2.41. The van der Waals surface area contributed by atoms with E-state index >= 15 is 0 Å². The maximum absolute atomic E-state index is 13.6. The van der Waals surface area contributed by atoms with E-state index in [0.717, 1.165) is 31.4 Å². The number of urea groups is 1. The number of anilines is 1. The predicted molar refractivity (Wildman–Crippen MR) is 95.3 cm³/mol. The maximum Gasteiger partial charge on any atom is 0.321 e. The SMILES string of the molecule is O=C(NCCC1CCN(C(=O)Nc2ccc(F)cc2F)CC1)c1ccco1. The first-order valence-electron chi connectivity index (χ1n) is 8.85. The molecule has 6 nitrogen and oxygen atoms in total. The number of likely N-dealkylation sites (tertiary alicyclic amines) is 1. The van der Waals surface area contributed by atoms with Gasteiger partial charge in [0, 0.05) is 25.7 Å². The summed E-state index contributed by atoms with van der Waals surface area (Å²) in [7, 11) is 0. The lowest BCUT2D eigenvalue weighted by molar-refractivity contribution is 0.0921. The Balaban J connectivity index is 1.39. The molecule has 0 bridgehead atoms. The molecule has 2 heterocycles. The molecule has 0 spiro atoms. The summed E-state index contributed by atoms with van der Waals surface area (Å²) in [6.45, 7) is 1.63. The van der Waals surface area contributed by atoms with Crippen molar-refractivity contribution in [2.24, 2.45) is 5.92 Å². The standard InChI is InChI=1S/C19H21F2N3O3/c20-14-3-4-16(15(21)12-14)23-19(26)24-9-6-13(7-10-24)5-8-22-18(25)17-2-1-11-27-17/h1-4,11-13H,5-10H2,(H,22,25)(H,23,26). The Morgan fingerprint density at radius 2 is 1.96 bits per heavy atom. The number of piperidine rings is 1. The van der Waals surface area contributed by atoms with Gasteiger partial charge in [-0.3, -0.25) is 4.79 Å². The fourth-order valence-corrected chi connectivity index (χ4v) is 3.09. The first kappa shape index (κ1) is 18.9. The summed E-state index contributed by atoms with van der Waals surface area (Å²) in [5, 5.41) is 5.29. The molecule has 0 aliphatic carbocycles. The second kappa shape index (κ2) is 8.66. The largest absolute Gasteiger partial charge is 0.459 e. The van der Waals surface area contributed by atoms with Gasteiger partial charge in [0.25, 0.3) is 5.91 Å². The topological polar surface area (TPSA) is 74.6 Å². The number of hydrogen-bond donors (Lipinski definition) is 2. The molecule has 2 aromatic rings. The highest BCUT2D eigenvalue weighted by molar-refractivity contribution is 5.91. The number of carbonyl (C=O) groups excluding carboxylic acids is 2. The van der Waals surface area contributed by atoms with E-state index in [-0.39, 0.29) is 17.4 Å². The third kappa shape index (κ3) is 5.06. The Morgan fingerprint density at radius 1 is 1.19 bits per heavy atom. The van der Waals surface area contributed by atoms with E-state index in [4.69, 9.17) is 4.42 Å². The van der Waals surface area contributed by atoms with Gasteiger partial charge >= 0.3 is 6.03 Å². The highest BCUT2D eigenvalue weighted by atomic mass is 19.1. The monoisotopic (exact) mass is 377 g/mol. The summed E-state index contributed by atoms with van der Waals surface area (Å²) >= 11 is 0. The van der Waals surface area contributed by atoms with Gasteiger partial charge in [0.2, 0.25) is 0 Å². The number of hydrogen-bond acceptors (Lipinski definition) is 3. The molecule has 1 aliphatic rings. The average molecular weight is 377 g/mol. The van der Waals surface area contributed by atoms with Crippen molar-refractivity contribution in [2.45, 2.75) is 19.3 Å². The number of carbonyl (C=O) groups is 2. The van der Waals surface area contributed by atoms with Crippen LogP contribution >= 0.6 is 0 Å². The lowest BCUT2D eigenvalue weighted by atomic mass is 9.94. The number of furan rings is 1. The molecule has 1 aliphatic heterocycles. The van der Waals surface area contributed by atoms with E-state index in [9.17, 15) is 18.4 Å². The Hall–Kier alpha value is -2.90. The van der Waals surface area contributed by atoms with Crippen LogP contribution in [0.2, 0.25) is 0 Å². The van der Waals surface area contributed by atoms with Gasteiger partial charge in [-0.25, -0.2) is 13.6 Å². The molecule has 0 radical (unpaired) electrons. The predicted octanol–water partition coefficient (Wildman–Crippen LogP) is 3.62. The maximum atomic E-state index is 13.6. The molecule has 1 saturated heterocycles. The Labute approximate surface area is 155 Å². The van der Waals surface area contributed by atoms with E-state index in [1.54, 1.807) is 17.0 Å². The van der Waals surface area contributed by atoms with Gasteiger partial charge in [-0.2, -0.15) is 0 Å². The highest BCUT2D eigenvalue weighted by Crippen LogP contribution is 2.22. The molecule has 0 atom stereocenters. The second-order valence-corrected chi connectivity index (χ2v) is 6.51. The molecule has 1 aromatic carbocycles. The zero-order chi connectivity index (χ0) is 19.2. The van der Waals surface area contributed by atoms with Crippen molar-refractivity contribution in [3.63, 3.8) is 0 Å². The van der Waals surface area contributed by atoms with E-state index < -0.39 is 17.7 Å². The third-order valence-corrected chi connectivity index (χ3v) is 4.66. The quantitative estimate of drug-likeness (QED) is 0.836. The molecule has 1 aromatic heterocycles. The van der Waals surface area contributed by atoms with E-state index in [1.807, 2.05) is 0 Å². The molecule has 3 rings (SSSR count). The molecule has 1 fully saturated rings. The lowest BCUT2D eigenvalue weighted by Gasteiger charge is -2.32. The smallest absolute Gasteiger partial charge is 0.321 e. The van der Waals surface area contributed by atoms with Crippen LogP contribution in [0.15, 0.2) is 41.0 Å². The number of halogens is 2. The van der Waals surface area contributed by atoms with Crippen LogP contribution in [0, 0.1) is 17.6 Å². The van der Waals surface area contributed by atoms with Crippen LogP contribution in [-0.4, -0.2) is 36.5 Å². The van der Waals surface area contributed by atoms with Crippen LogP contribution in [0.5, 0.6) is 0 Å². The van der Waals surface area contributed by atoms with Crippen molar-refractivity contribution in [3.8, 4) is 0 Å². The van der Waals surface area contributed by atoms with Crippen molar-refractivity contribution in [2.75, 3.05) is 25.0 Å². The molecule has 8 heteroatoms. The van der Waals surface area contributed by atoms with E-state index in [0.29, 0.717) is 25.6 Å². The minimum absolute atomic E-state index is 0.0378. The third-order valence-electron chi connectivity index (χ3n) is 4.66. The summed E-state index contributed by atoms with van der Waals surface area (Å²) in [4.78, 5) is 25.6. The first-order chi connectivity index (χ1) is 13.0. The van der Waals surface area contributed by atoms with Crippen molar-refractivity contribution >= 4 is 17.6 Å². The molecule has 0 saturated carbocycles. The van der Waals surface area contributed by atoms with Crippen LogP contribution in [0.1, 0.15) is 29.8 Å². The zero-order valence-corrected chi connectivity index (χ0v) is 14.7. The fourth-order valence-electron chi connectivity index (χ4n) is 3.09. The minimum Gasteiger partial charge on any atom is -0.459 e. The van der Waals surface area contributed by atoms with Crippen LogP contribution in [-0.2, 0) is 0 Å². The van der Waals surface area contributed by atoms with E-state index in [2.05, 4.69) is 10.6 Å². The van der Waals surface area contributed by atoms with Gasteiger partial charge in [-0.05, 0) is 49.4 Å². The summed E-state index contributed by atoms with van der Waals surface area (Å²) in [6.07, 6.45) is 3.87. The Bertz CT molecular complexity index is 788. The Kier molecular flexibility index (Phi) is 6.05. The van der Waals surface area contributed by atoms with Gasteiger partial charge in [0.15, 0.2) is 5.76 Å². The first-order valence-corrected chi connectivity index (χ1v) is 8.85. The van der Waals surface area contributed by atoms with Gasteiger partial charge in [-0.1, -0.05) is 0 Å². The summed E-state index contributed by atoms with van der Waals surface area (Å²) in [5.41, 5.74) is -0.0378. The van der Waals surface area contributed by atoms with Crippen LogP contribution < -0.4 is 10.6 Å². The molecular formula is C19H21F2N3O3. The van der Waals surface area contributed by atoms with Crippen molar-refractivity contribution in [1.82, 2.24) is 10.2 Å². The molecule has 0 unspecified atom stereocenters. The zero-order valence-electron chi connectivity index (χ0n) is 14.7. The summed E-state index contributed by atoms with van der Waals surface area (Å²) in [5.74, 6) is -1.04. The fraction of sp³-hybridized carbons (Fsp3) is 0.368. The van der Waals surface area contributed by atoms with Crippen molar-refractivity contribution < 1.29 is 22.8 Å². The number of rotatable bonds is 5. The highest BCUT2D eigenvalue weighted by Gasteiger charge is 2.23. The number of nitrogens with zero attached hydrogens (tertiary/aromatic N) is 1. The second-order valence-electron chi connectivity index (χ2n) is 6.51. The van der Waals surface area contributed by atoms with Gasteiger partial charge in [0.05, 0.1) is 12.0 Å². The van der Waals surface area contributed by atoms with Crippen molar-refractivity contribution in [3.05, 3.63) is 54.0 Å². The van der Waals surface area contributed by atoms with Crippen LogP contribution in [0.4, 0.5) is 19.3 Å². The van der Waals surface area contributed by atoms with Crippen molar-refractivity contribution in [1.29, 1.82) is 0 Å². The number of nitrogens with one attached hydrogen (secondary N) is 2. The van der Waals surface area contributed by atoms with Gasteiger partial charge in [-0.15, -0.1) is 0 Å².